The molecule has 0 aliphatic carbocycles. The van der Waals surface area contributed by atoms with Gasteiger partial charge in [-0.25, -0.2) is 0 Å². The van der Waals surface area contributed by atoms with Crippen molar-refractivity contribution in [1.82, 2.24) is 9.88 Å². The Kier molecular flexibility index (Phi) is 5.75. The van der Waals surface area contributed by atoms with Crippen LogP contribution in [0.15, 0.2) is 24.4 Å². The number of anilines is 1. The van der Waals surface area contributed by atoms with Gasteiger partial charge in [0, 0.05) is 34.8 Å². The van der Waals surface area contributed by atoms with Gasteiger partial charge in [-0.2, -0.15) is 0 Å². The van der Waals surface area contributed by atoms with E-state index in [0.717, 1.165) is 43.3 Å². The van der Waals surface area contributed by atoms with Gasteiger partial charge < -0.3 is 20.5 Å². The Labute approximate surface area is 156 Å². The predicted molar refractivity (Wildman–Crippen MR) is 99.6 cm³/mol. The zero-order chi connectivity index (χ0) is 19.4. The summed E-state index contributed by atoms with van der Waals surface area (Å²) in [6.07, 6.45) is 4.52. The number of fused-ring (bicyclic) bond motifs is 1. The van der Waals surface area contributed by atoms with Crippen LogP contribution in [0.3, 0.4) is 0 Å². The fourth-order valence-electron chi connectivity index (χ4n) is 3.56. The normalized spacial score (nSPS) is 16.1. The van der Waals surface area contributed by atoms with Crippen LogP contribution in [0.25, 0.3) is 10.9 Å². The van der Waals surface area contributed by atoms with Crippen molar-refractivity contribution in [3.8, 4) is 0 Å². The number of likely N-dealkylation sites (tertiary alicyclic amines) is 1. The highest BCUT2D eigenvalue weighted by Crippen LogP contribution is 2.32. The number of aromatic nitrogens is 1. The van der Waals surface area contributed by atoms with Gasteiger partial charge in [0.05, 0.1) is 6.42 Å². The number of hydrogen-bond acceptors (Lipinski definition) is 4. The molecule has 0 spiro atoms. The van der Waals surface area contributed by atoms with Gasteiger partial charge in [-0.1, -0.05) is 12.5 Å². The van der Waals surface area contributed by atoms with Crippen LogP contribution in [0.2, 0.25) is 0 Å². The van der Waals surface area contributed by atoms with E-state index in [1.165, 1.54) is 0 Å². The average Bonchev–Trinajstić information content (AvgIpc) is 3.04. The van der Waals surface area contributed by atoms with E-state index in [2.05, 4.69) is 10.3 Å². The fraction of sp³-hybridized carbons (Fsp3) is 0.421. The fourth-order valence-corrected chi connectivity index (χ4v) is 3.56. The monoisotopic (exact) mass is 373 g/mol. The number of carboxylic acid groups (broad SMARTS) is 2. The molecular formula is C19H23N3O5. The number of benzene rings is 1. The van der Waals surface area contributed by atoms with Gasteiger partial charge in [-0.3, -0.25) is 19.3 Å². The standard InChI is InChI=1S/C19H23N3O5/c23-16(6-7-17(24)25)21-12-4-5-13-14(11-20-15(13)10-12)18(19(26)27)22-8-2-1-3-9-22/h4-5,10-11,18,20H,1-3,6-9H2,(H,21,23)(H,24,25)(H,26,27). The van der Waals surface area contributed by atoms with E-state index >= 15 is 0 Å². The minimum Gasteiger partial charge on any atom is -0.481 e. The zero-order valence-electron chi connectivity index (χ0n) is 14.9. The lowest BCUT2D eigenvalue weighted by molar-refractivity contribution is -0.144. The third-order valence-electron chi connectivity index (χ3n) is 4.85. The molecule has 1 amide bonds. The van der Waals surface area contributed by atoms with Crippen molar-refractivity contribution in [3.63, 3.8) is 0 Å². The Balaban J connectivity index is 1.81. The van der Waals surface area contributed by atoms with Gasteiger partial charge in [-0.05, 0) is 38.1 Å². The van der Waals surface area contributed by atoms with Crippen LogP contribution in [-0.2, 0) is 14.4 Å². The number of rotatable bonds is 7. The van der Waals surface area contributed by atoms with Gasteiger partial charge in [0.1, 0.15) is 6.04 Å². The van der Waals surface area contributed by atoms with Crippen molar-refractivity contribution in [2.45, 2.75) is 38.1 Å². The lowest BCUT2D eigenvalue weighted by Crippen LogP contribution is -2.37. The molecule has 4 N–H and O–H groups in total. The third kappa shape index (κ3) is 4.46. The summed E-state index contributed by atoms with van der Waals surface area (Å²) >= 11 is 0. The van der Waals surface area contributed by atoms with Crippen molar-refractivity contribution in [1.29, 1.82) is 0 Å². The Morgan fingerprint density at radius 1 is 1.11 bits per heavy atom. The first-order valence-electron chi connectivity index (χ1n) is 9.05. The number of nitrogens with zero attached hydrogens (tertiary/aromatic N) is 1. The van der Waals surface area contributed by atoms with Gasteiger partial charge in [0.2, 0.25) is 5.91 Å². The van der Waals surface area contributed by atoms with Gasteiger partial charge in [-0.15, -0.1) is 0 Å². The van der Waals surface area contributed by atoms with E-state index in [0.29, 0.717) is 11.3 Å². The molecule has 1 saturated heterocycles. The van der Waals surface area contributed by atoms with Crippen LogP contribution < -0.4 is 5.32 Å². The van der Waals surface area contributed by atoms with Crippen molar-refractivity contribution in [2.75, 3.05) is 18.4 Å². The number of aliphatic carboxylic acids is 2. The second-order valence-corrected chi connectivity index (χ2v) is 6.78. The third-order valence-corrected chi connectivity index (χ3v) is 4.85. The van der Waals surface area contributed by atoms with Crippen LogP contribution in [-0.4, -0.2) is 51.0 Å². The average molecular weight is 373 g/mol. The first-order valence-corrected chi connectivity index (χ1v) is 9.05. The maximum Gasteiger partial charge on any atom is 0.325 e. The number of aromatic amines is 1. The molecule has 144 valence electrons. The molecule has 3 rings (SSSR count). The van der Waals surface area contributed by atoms with Crippen molar-refractivity contribution in [3.05, 3.63) is 30.0 Å². The first-order chi connectivity index (χ1) is 13.0. The Morgan fingerprint density at radius 3 is 2.52 bits per heavy atom. The quantitative estimate of drug-likeness (QED) is 0.592. The number of carboxylic acids is 2. The lowest BCUT2D eigenvalue weighted by atomic mass is 10.0. The molecule has 0 saturated carbocycles. The number of hydrogen-bond donors (Lipinski definition) is 4. The minimum absolute atomic E-state index is 0.0978. The van der Waals surface area contributed by atoms with Crippen LogP contribution in [0.1, 0.15) is 43.7 Å². The van der Waals surface area contributed by atoms with E-state index in [4.69, 9.17) is 5.11 Å². The lowest BCUT2D eigenvalue weighted by Gasteiger charge is -2.31. The van der Waals surface area contributed by atoms with Gasteiger partial charge in [0.15, 0.2) is 0 Å². The second-order valence-electron chi connectivity index (χ2n) is 6.78. The maximum absolute atomic E-state index is 11.9. The molecule has 8 nitrogen and oxygen atoms in total. The van der Waals surface area contributed by atoms with Crippen LogP contribution >= 0.6 is 0 Å². The molecule has 2 aromatic rings. The molecule has 0 bridgehead atoms. The van der Waals surface area contributed by atoms with Crippen molar-refractivity contribution < 1.29 is 24.6 Å². The van der Waals surface area contributed by atoms with Crippen molar-refractivity contribution in [2.24, 2.45) is 0 Å². The summed E-state index contributed by atoms with van der Waals surface area (Å²) in [5, 5.41) is 21.9. The Bertz CT molecular complexity index is 854. The Hall–Kier alpha value is -2.87. The van der Waals surface area contributed by atoms with Crippen LogP contribution in [0, 0.1) is 0 Å². The number of carbonyl (C=O) groups is 3. The number of amides is 1. The molecule has 1 aromatic carbocycles. The second kappa shape index (κ2) is 8.22. The summed E-state index contributed by atoms with van der Waals surface area (Å²) in [4.78, 5) is 39.3. The van der Waals surface area contributed by atoms with E-state index < -0.39 is 18.0 Å². The van der Waals surface area contributed by atoms with E-state index in [1.54, 1.807) is 24.4 Å². The highest BCUT2D eigenvalue weighted by Gasteiger charge is 2.30. The van der Waals surface area contributed by atoms with E-state index in [-0.39, 0.29) is 18.7 Å². The van der Waals surface area contributed by atoms with Crippen LogP contribution in [0.5, 0.6) is 0 Å². The van der Waals surface area contributed by atoms with Gasteiger partial charge >= 0.3 is 11.9 Å². The summed E-state index contributed by atoms with van der Waals surface area (Å²) in [7, 11) is 0. The summed E-state index contributed by atoms with van der Waals surface area (Å²) in [5.41, 5.74) is 1.98. The molecule has 2 heterocycles. The summed E-state index contributed by atoms with van der Waals surface area (Å²) in [5.74, 6) is -2.27. The van der Waals surface area contributed by atoms with Crippen LogP contribution in [0.4, 0.5) is 5.69 Å². The molecule has 0 radical (unpaired) electrons. The molecule has 1 aliphatic heterocycles. The molecule has 1 aliphatic rings. The van der Waals surface area contributed by atoms with Gasteiger partial charge in [0.25, 0.3) is 0 Å². The Morgan fingerprint density at radius 2 is 1.85 bits per heavy atom. The predicted octanol–water partition coefficient (Wildman–Crippen LogP) is 2.58. The summed E-state index contributed by atoms with van der Waals surface area (Å²) < 4.78 is 0. The molecule has 1 atom stereocenters. The van der Waals surface area contributed by atoms with E-state index in [9.17, 15) is 19.5 Å². The molecule has 1 unspecified atom stereocenters. The first kappa shape index (κ1) is 18.9. The molecular weight excluding hydrogens is 350 g/mol. The number of nitrogens with one attached hydrogen (secondary N) is 2. The number of H-pyrrole nitrogens is 1. The topological polar surface area (TPSA) is 123 Å². The number of piperidine rings is 1. The highest BCUT2D eigenvalue weighted by molar-refractivity contribution is 5.96. The largest absolute Gasteiger partial charge is 0.481 e. The molecule has 27 heavy (non-hydrogen) atoms. The molecule has 8 heteroatoms. The molecule has 1 fully saturated rings. The maximum atomic E-state index is 11.9. The summed E-state index contributed by atoms with van der Waals surface area (Å²) in [6, 6.07) is 4.52. The van der Waals surface area contributed by atoms with Crippen molar-refractivity contribution >= 4 is 34.4 Å². The number of carbonyl (C=O) groups excluding carboxylic acids is 1. The summed E-state index contributed by atoms with van der Waals surface area (Å²) in [6.45, 7) is 1.53. The smallest absolute Gasteiger partial charge is 0.325 e. The van der Waals surface area contributed by atoms with E-state index in [1.807, 2.05) is 4.90 Å². The zero-order valence-corrected chi connectivity index (χ0v) is 14.9. The minimum atomic E-state index is -1.02. The SMILES string of the molecule is O=C(O)CCC(=O)Nc1ccc2c(C(C(=O)O)N3CCCCC3)c[nH]c2c1. The molecule has 1 aromatic heterocycles. The highest BCUT2D eigenvalue weighted by atomic mass is 16.4.